The third-order valence-corrected chi connectivity index (χ3v) is 5.46. The van der Waals surface area contributed by atoms with Crippen molar-refractivity contribution in [1.82, 2.24) is 4.31 Å². The van der Waals surface area contributed by atoms with Crippen LogP contribution in [0.25, 0.3) is 0 Å². The topological polar surface area (TPSA) is 63.7 Å². The Labute approximate surface area is 146 Å². The first-order chi connectivity index (χ1) is 11.3. The van der Waals surface area contributed by atoms with Crippen molar-refractivity contribution in [1.29, 1.82) is 0 Å². The monoisotopic (exact) mass is 367 g/mol. The molecule has 0 N–H and O–H groups in total. The lowest BCUT2D eigenvalue weighted by Crippen LogP contribution is -2.26. The summed E-state index contributed by atoms with van der Waals surface area (Å²) < 4.78 is 31.2. The lowest BCUT2D eigenvalue weighted by atomic mass is 10.1. The number of halogens is 1. The molecule has 0 aliphatic carbocycles. The zero-order chi connectivity index (χ0) is 17.7. The normalized spacial score (nSPS) is 11.5. The maximum atomic E-state index is 12.5. The fourth-order valence-electron chi connectivity index (χ4n) is 2.09. The molecule has 0 saturated heterocycles. The van der Waals surface area contributed by atoms with Gasteiger partial charge in [0.25, 0.3) is 0 Å². The van der Waals surface area contributed by atoms with Crippen LogP contribution in [0.5, 0.6) is 0 Å². The van der Waals surface area contributed by atoms with E-state index in [-0.39, 0.29) is 11.4 Å². The Hall–Kier alpha value is -1.89. The summed E-state index contributed by atoms with van der Waals surface area (Å²) in [5.74, 6) is -0.397. The third kappa shape index (κ3) is 4.35. The van der Waals surface area contributed by atoms with Gasteiger partial charge in [0.05, 0.1) is 17.1 Å². The smallest absolute Gasteiger partial charge is 0.338 e. The fourth-order valence-corrected chi connectivity index (χ4v) is 3.37. The summed E-state index contributed by atoms with van der Waals surface area (Å²) in [5.41, 5.74) is 1.20. The molecule has 5 nitrogen and oxygen atoms in total. The molecule has 0 bridgehead atoms. The van der Waals surface area contributed by atoms with E-state index in [0.29, 0.717) is 17.2 Å². The second-order valence-electron chi connectivity index (χ2n) is 5.13. The van der Waals surface area contributed by atoms with Crippen molar-refractivity contribution in [2.24, 2.45) is 0 Å². The summed E-state index contributed by atoms with van der Waals surface area (Å²) in [7, 11) is -2.10. The van der Waals surface area contributed by atoms with Gasteiger partial charge in [-0.2, -0.15) is 4.31 Å². The molecule has 0 unspecified atom stereocenters. The number of sulfonamides is 1. The van der Waals surface area contributed by atoms with Gasteiger partial charge >= 0.3 is 5.97 Å². The molecule has 2 aromatic carbocycles. The molecule has 0 saturated carbocycles. The van der Waals surface area contributed by atoms with E-state index in [4.69, 9.17) is 16.3 Å². The van der Waals surface area contributed by atoms with Crippen molar-refractivity contribution in [3.63, 3.8) is 0 Å². The van der Waals surface area contributed by atoms with Crippen LogP contribution in [0.3, 0.4) is 0 Å². The predicted molar refractivity (Wildman–Crippen MR) is 92.5 cm³/mol. The Kier molecular flexibility index (Phi) is 5.99. The molecular weight excluding hydrogens is 350 g/mol. The Morgan fingerprint density at radius 3 is 2.21 bits per heavy atom. The standard InChI is InChI=1S/C17H18ClNO4S/c1-3-23-17(20)14-6-4-13(5-7-14)12-19(2)24(21,22)16-10-8-15(18)9-11-16/h4-11H,3,12H2,1-2H3. The van der Waals surface area contributed by atoms with Gasteiger partial charge in [-0.25, -0.2) is 13.2 Å². The van der Waals surface area contributed by atoms with E-state index in [2.05, 4.69) is 0 Å². The molecule has 0 radical (unpaired) electrons. The highest BCUT2D eigenvalue weighted by atomic mass is 35.5. The molecule has 0 spiro atoms. The molecule has 0 heterocycles. The summed E-state index contributed by atoms with van der Waals surface area (Å²) in [5, 5.41) is 0.478. The number of carbonyl (C=O) groups is 1. The summed E-state index contributed by atoms with van der Waals surface area (Å²) in [4.78, 5) is 11.8. The van der Waals surface area contributed by atoms with Gasteiger partial charge in [-0.05, 0) is 48.9 Å². The van der Waals surface area contributed by atoms with Crippen LogP contribution in [0.4, 0.5) is 0 Å². The number of ether oxygens (including phenoxy) is 1. The number of hydrogen-bond acceptors (Lipinski definition) is 4. The van der Waals surface area contributed by atoms with E-state index < -0.39 is 16.0 Å². The van der Waals surface area contributed by atoms with E-state index in [0.717, 1.165) is 5.56 Å². The Bertz CT molecular complexity index is 801. The van der Waals surface area contributed by atoms with Crippen LogP contribution in [0.2, 0.25) is 5.02 Å². The molecule has 0 aliphatic heterocycles. The van der Waals surface area contributed by atoms with Gasteiger partial charge < -0.3 is 4.74 Å². The zero-order valence-corrected chi connectivity index (χ0v) is 15.0. The van der Waals surface area contributed by atoms with Crippen molar-refractivity contribution in [3.8, 4) is 0 Å². The van der Waals surface area contributed by atoms with Gasteiger partial charge in [-0.15, -0.1) is 0 Å². The maximum Gasteiger partial charge on any atom is 0.338 e. The van der Waals surface area contributed by atoms with E-state index in [1.54, 1.807) is 31.2 Å². The van der Waals surface area contributed by atoms with Gasteiger partial charge in [0.1, 0.15) is 0 Å². The van der Waals surface area contributed by atoms with Crippen molar-refractivity contribution in [2.45, 2.75) is 18.4 Å². The molecule has 0 aromatic heterocycles. The number of rotatable bonds is 6. The van der Waals surface area contributed by atoms with E-state index >= 15 is 0 Å². The van der Waals surface area contributed by atoms with E-state index in [1.165, 1.54) is 35.6 Å². The van der Waals surface area contributed by atoms with Crippen molar-refractivity contribution in [2.75, 3.05) is 13.7 Å². The predicted octanol–water partition coefficient (Wildman–Crippen LogP) is 3.34. The van der Waals surface area contributed by atoms with Crippen molar-refractivity contribution in [3.05, 3.63) is 64.7 Å². The Morgan fingerprint density at radius 2 is 1.67 bits per heavy atom. The Morgan fingerprint density at radius 1 is 1.08 bits per heavy atom. The van der Waals surface area contributed by atoms with Crippen molar-refractivity contribution < 1.29 is 17.9 Å². The molecule has 0 amide bonds. The quantitative estimate of drug-likeness (QED) is 0.734. The van der Waals surface area contributed by atoms with Crippen LogP contribution in [-0.2, 0) is 21.3 Å². The molecule has 7 heteroatoms. The molecule has 24 heavy (non-hydrogen) atoms. The van der Waals surface area contributed by atoms with Gasteiger partial charge in [0.2, 0.25) is 10.0 Å². The molecule has 2 rings (SSSR count). The average Bonchev–Trinajstić information content (AvgIpc) is 2.56. The second kappa shape index (κ2) is 7.79. The number of hydrogen-bond donors (Lipinski definition) is 0. The number of benzene rings is 2. The number of carbonyl (C=O) groups excluding carboxylic acids is 1. The Balaban J connectivity index is 2.12. The van der Waals surface area contributed by atoms with Gasteiger partial charge in [-0.1, -0.05) is 23.7 Å². The summed E-state index contributed by atoms with van der Waals surface area (Å²) in [6.07, 6.45) is 0. The minimum Gasteiger partial charge on any atom is -0.462 e. The fraction of sp³-hybridized carbons (Fsp3) is 0.235. The molecule has 128 valence electrons. The number of esters is 1. The second-order valence-corrected chi connectivity index (χ2v) is 7.61. The van der Waals surface area contributed by atoms with E-state index in [1.807, 2.05) is 0 Å². The third-order valence-electron chi connectivity index (χ3n) is 3.39. The number of nitrogens with zero attached hydrogens (tertiary/aromatic N) is 1. The first kappa shape index (κ1) is 18.4. The lowest BCUT2D eigenvalue weighted by Gasteiger charge is -2.17. The largest absolute Gasteiger partial charge is 0.462 e. The highest BCUT2D eigenvalue weighted by Gasteiger charge is 2.20. The summed E-state index contributed by atoms with van der Waals surface area (Å²) >= 11 is 5.79. The molecular formula is C17H18ClNO4S. The highest BCUT2D eigenvalue weighted by molar-refractivity contribution is 7.89. The van der Waals surface area contributed by atoms with Crippen molar-refractivity contribution >= 4 is 27.6 Å². The zero-order valence-electron chi connectivity index (χ0n) is 13.4. The van der Waals surface area contributed by atoms with Crippen LogP contribution in [-0.4, -0.2) is 32.3 Å². The molecule has 0 aliphatic rings. The maximum absolute atomic E-state index is 12.5. The van der Waals surface area contributed by atoms with E-state index in [9.17, 15) is 13.2 Å². The van der Waals surface area contributed by atoms with Crippen LogP contribution < -0.4 is 0 Å². The first-order valence-electron chi connectivity index (χ1n) is 7.32. The minimum atomic E-state index is -3.61. The molecule has 2 aromatic rings. The molecule has 0 atom stereocenters. The van der Waals surface area contributed by atoms with Crippen LogP contribution in [0.1, 0.15) is 22.8 Å². The summed E-state index contributed by atoms with van der Waals surface area (Å²) in [6, 6.07) is 12.7. The summed E-state index contributed by atoms with van der Waals surface area (Å²) in [6.45, 7) is 2.24. The van der Waals surface area contributed by atoms with Crippen LogP contribution in [0, 0.1) is 0 Å². The first-order valence-corrected chi connectivity index (χ1v) is 9.14. The lowest BCUT2D eigenvalue weighted by molar-refractivity contribution is 0.0526. The van der Waals surface area contributed by atoms with Crippen LogP contribution >= 0.6 is 11.6 Å². The highest BCUT2D eigenvalue weighted by Crippen LogP contribution is 2.19. The van der Waals surface area contributed by atoms with Crippen LogP contribution in [0.15, 0.2) is 53.4 Å². The average molecular weight is 368 g/mol. The van der Waals surface area contributed by atoms with Gasteiger partial charge in [0.15, 0.2) is 0 Å². The molecule has 0 fully saturated rings. The SMILES string of the molecule is CCOC(=O)c1ccc(CN(C)S(=O)(=O)c2ccc(Cl)cc2)cc1. The minimum absolute atomic E-state index is 0.178. The van der Waals surface area contributed by atoms with Gasteiger partial charge in [-0.3, -0.25) is 0 Å². The van der Waals surface area contributed by atoms with Gasteiger partial charge in [0, 0.05) is 18.6 Å².